The monoisotopic (exact) mass is 338 g/mol. The molecule has 20 heavy (non-hydrogen) atoms. The van der Waals surface area contributed by atoms with Gasteiger partial charge in [-0.05, 0) is 12.5 Å². The Hall–Kier alpha value is -1.49. The minimum atomic E-state index is 0.505. The van der Waals surface area contributed by atoms with Crippen molar-refractivity contribution < 1.29 is 9.47 Å². The van der Waals surface area contributed by atoms with Crippen molar-refractivity contribution in [1.82, 2.24) is 9.78 Å². The summed E-state index contributed by atoms with van der Waals surface area (Å²) in [6.45, 7) is 3.31. The fourth-order valence-electron chi connectivity index (χ4n) is 1.80. The SMILES string of the molecule is CCCOc1ccc(CBr)c(OCc2cnn(C)c2)c1. The fraction of sp³-hybridized carbons (Fsp3) is 0.400. The number of aryl methyl sites for hydroxylation is 1. The van der Waals surface area contributed by atoms with Crippen LogP contribution in [0, 0.1) is 0 Å². The van der Waals surface area contributed by atoms with E-state index in [1.54, 1.807) is 4.68 Å². The van der Waals surface area contributed by atoms with E-state index in [-0.39, 0.29) is 0 Å². The van der Waals surface area contributed by atoms with Crippen LogP contribution in [0.15, 0.2) is 30.6 Å². The third kappa shape index (κ3) is 4.00. The summed E-state index contributed by atoms with van der Waals surface area (Å²) in [5.74, 6) is 1.69. The van der Waals surface area contributed by atoms with Crippen LogP contribution in [0.4, 0.5) is 0 Å². The highest BCUT2D eigenvalue weighted by Gasteiger charge is 2.06. The lowest BCUT2D eigenvalue weighted by Gasteiger charge is -2.12. The summed E-state index contributed by atoms with van der Waals surface area (Å²) in [7, 11) is 1.90. The topological polar surface area (TPSA) is 36.3 Å². The van der Waals surface area contributed by atoms with Crippen LogP contribution in [0.2, 0.25) is 0 Å². The third-order valence-corrected chi connectivity index (χ3v) is 3.41. The first-order chi connectivity index (χ1) is 9.72. The second-order valence-corrected chi connectivity index (χ2v) is 5.12. The number of benzene rings is 1. The van der Waals surface area contributed by atoms with E-state index in [0.717, 1.165) is 41.0 Å². The molecule has 0 atom stereocenters. The first-order valence-electron chi connectivity index (χ1n) is 6.65. The molecule has 1 heterocycles. The molecule has 1 aromatic heterocycles. The van der Waals surface area contributed by atoms with Gasteiger partial charge in [-0.15, -0.1) is 0 Å². The number of ether oxygens (including phenoxy) is 2. The van der Waals surface area contributed by atoms with Crippen LogP contribution < -0.4 is 9.47 Å². The lowest BCUT2D eigenvalue weighted by Crippen LogP contribution is -1.99. The molecule has 0 aliphatic heterocycles. The van der Waals surface area contributed by atoms with Gasteiger partial charge in [0.2, 0.25) is 0 Å². The molecule has 0 N–H and O–H groups in total. The van der Waals surface area contributed by atoms with Crippen molar-refractivity contribution in [3.63, 3.8) is 0 Å². The van der Waals surface area contributed by atoms with E-state index in [9.17, 15) is 0 Å². The second kappa shape index (κ2) is 7.33. The van der Waals surface area contributed by atoms with Gasteiger partial charge >= 0.3 is 0 Å². The molecule has 0 unspecified atom stereocenters. The summed E-state index contributed by atoms with van der Waals surface area (Å²) >= 11 is 3.48. The number of hydrogen-bond acceptors (Lipinski definition) is 3. The van der Waals surface area contributed by atoms with Gasteiger partial charge in [-0.1, -0.05) is 28.9 Å². The quantitative estimate of drug-likeness (QED) is 0.722. The van der Waals surface area contributed by atoms with Crippen molar-refractivity contribution in [3.8, 4) is 11.5 Å². The predicted molar refractivity (Wildman–Crippen MR) is 82.4 cm³/mol. The predicted octanol–water partition coefficient (Wildman–Crippen LogP) is 3.68. The number of aromatic nitrogens is 2. The van der Waals surface area contributed by atoms with Gasteiger partial charge in [0.25, 0.3) is 0 Å². The molecule has 0 radical (unpaired) electrons. The number of rotatable bonds is 7. The molecule has 0 fully saturated rings. The van der Waals surface area contributed by atoms with Gasteiger partial charge in [0.1, 0.15) is 18.1 Å². The van der Waals surface area contributed by atoms with Crippen molar-refractivity contribution in [3.05, 3.63) is 41.7 Å². The van der Waals surface area contributed by atoms with Crippen LogP contribution in [-0.2, 0) is 19.0 Å². The van der Waals surface area contributed by atoms with Crippen LogP contribution in [0.25, 0.3) is 0 Å². The molecule has 2 rings (SSSR count). The van der Waals surface area contributed by atoms with Crippen LogP contribution in [0.1, 0.15) is 24.5 Å². The highest BCUT2D eigenvalue weighted by Crippen LogP contribution is 2.27. The van der Waals surface area contributed by atoms with Crippen molar-refractivity contribution >= 4 is 15.9 Å². The molecule has 0 bridgehead atoms. The van der Waals surface area contributed by atoms with Gasteiger partial charge in [0.15, 0.2) is 0 Å². The molecule has 0 saturated heterocycles. The average molecular weight is 339 g/mol. The molecule has 1 aromatic carbocycles. The minimum absolute atomic E-state index is 0.505. The van der Waals surface area contributed by atoms with Crippen LogP contribution in [0.3, 0.4) is 0 Å². The zero-order valence-corrected chi connectivity index (χ0v) is 13.4. The Labute approximate surface area is 127 Å². The molecular weight excluding hydrogens is 320 g/mol. The number of alkyl halides is 1. The van der Waals surface area contributed by atoms with Crippen LogP contribution in [-0.4, -0.2) is 16.4 Å². The molecule has 108 valence electrons. The smallest absolute Gasteiger partial charge is 0.127 e. The normalized spacial score (nSPS) is 10.6. The second-order valence-electron chi connectivity index (χ2n) is 4.56. The zero-order chi connectivity index (χ0) is 14.4. The lowest BCUT2D eigenvalue weighted by atomic mass is 10.2. The maximum atomic E-state index is 5.88. The maximum Gasteiger partial charge on any atom is 0.127 e. The largest absolute Gasteiger partial charge is 0.493 e. The van der Waals surface area contributed by atoms with Crippen LogP contribution >= 0.6 is 15.9 Å². The van der Waals surface area contributed by atoms with Gasteiger partial charge in [-0.2, -0.15) is 5.10 Å². The zero-order valence-electron chi connectivity index (χ0n) is 11.8. The van der Waals surface area contributed by atoms with Gasteiger partial charge in [-0.3, -0.25) is 4.68 Å². The Balaban J connectivity index is 2.07. The first kappa shape index (κ1) is 14.9. The molecule has 0 amide bonds. The molecule has 4 nitrogen and oxygen atoms in total. The van der Waals surface area contributed by atoms with Crippen molar-refractivity contribution in [2.45, 2.75) is 25.3 Å². The van der Waals surface area contributed by atoms with E-state index in [0.29, 0.717) is 6.61 Å². The maximum absolute atomic E-state index is 5.88. The van der Waals surface area contributed by atoms with Gasteiger partial charge in [0.05, 0.1) is 12.8 Å². The van der Waals surface area contributed by atoms with E-state index in [2.05, 4.69) is 28.0 Å². The molecule has 0 spiro atoms. The van der Waals surface area contributed by atoms with Crippen LogP contribution in [0.5, 0.6) is 11.5 Å². The summed E-state index contributed by atoms with van der Waals surface area (Å²) < 4.78 is 13.3. The summed E-state index contributed by atoms with van der Waals surface area (Å²) in [4.78, 5) is 0. The highest BCUT2D eigenvalue weighted by molar-refractivity contribution is 9.08. The van der Waals surface area contributed by atoms with Gasteiger partial charge < -0.3 is 9.47 Å². The molecule has 0 aliphatic carbocycles. The lowest BCUT2D eigenvalue weighted by molar-refractivity contribution is 0.293. The third-order valence-electron chi connectivity index (χ3n) is 2.81. The van der Waals surface area contributed by atoms with E-state index in [4.69, 9.17) is 9.47 Å². The Morgan fingerprint density at radius 3 is 2.80 bits per heavy atom. The molecule has 0 saturated carbocycles. The molecule has 5 heteroatoms. The Morgan fingerprint density at radius 2 is 2.15 bits per heavy atom. The number of halogens is 1. The van der Waals surface area contributed by atoms with Crippen molar-refractivity contribution in [2.75, 3.05) is 6.61 Å². The van der Waals surface area contributed by atoms with E-state index >= 15 is 0 Å². The summed E-state index contributed by atoms with van der Waals surface area (Å²) in [6.07, 6.45) is 4.75. The van der Waals surface area contributed by atoms with Gasteiger partial charge in [-0.25, -0.2) is 0 Å². The number of hydrogen-bond donors (Lipinski definition) is 0. The minimum Gasteiger partial charge on any atom is -0.493 e. The molecule has 0 aliphatic rings. The Bertz CT molecular complexity index is 555. The fourth-order valence-corrected chi connectivity index (χ4v) is 2.26. The Kier molecular flexibility index (Phi) is 5.47. The Morgan fingerprint density at radius 1 is 1.30 bits per heavy atom. The van der Waals surface area contributed by atoms with Gasteiger partial charge in [0, 0.05) is 35.8 Å². The highest BCUT2D eigenvalue weighted by atomic mass is 79.9. The van der Waals surface area contributed by atoms with Crippen molar-refractivity contribution in [2.24, 2.45) is 7.05 Å². The standard InChI is InChI=1S/C15H19BrN2O2/c1-3-6-19-14-5-4-13(8-16)15(7-14)20-11-12-9-17-18(2)10-12/h4-5,7,9-10H,3,6,8,11H2,1-2H3. The first-order valence-corrected chi connectivity index (χ1v) is 7.77. The summed E-state index contributed by atoms with van der Waals surface area (Å²) in [5.41, 5.74) is 2.16. The van der Waals surface area contributed by atoms with E-state index < -0.39 is 0 Å². The molecule has 2 aromatic rings. The average Bonchev–Trinajstić information content (AvgIpc) is 2.88. The number of nitrogens with zero attached hydrogens (tertiary/aromatic N) is 2. The summed E-state index contributed by atoms with van der Waals surface area (Å²) in [5, 5.41) is 4.89. The summed E-state index contributed by atoms with van der Waals surface area (Å²) in [6, 6.07) is 5.95. The van der Waals surface area contributed by atoms with Crippen molar-refractivity contribution in [1.29, 1.82) is 0 Å². The van der Waals surface area contributed by atoms with E-state index in [1.165, 1.54) is 0 Å². The van der Waals surface area contributed by atoms with E-state index in [1.807, 2.05) is 37.6 Å². The molecular formula is C15H19BrN2O2.